The van der Waals surface area contributed by atoms with E-state index in [9.17, 15) is 0 Å². The van der Waals surface area contributed by atoms with Crippen LogP contribution in [0, 0.1) is 0 Å². The second-order valence-electron chi connectivity index (χ2n) is 4.31. The van der Waals surface area contributed by atoms with Gasteiger partial charge in [-0.25, -0.2) is 14.5 Å². The van der Waals surface area contributed by atoms with Crippen LogP contribution in [0.15, 0.2) is 54.2 Å². The number of thiazole rings is 1. The fourth-order valence-corrected chi connectivity index (χ4v) is 2.84. The van der Waals surface area contributed by atoms with E-state index in [1.807, 2.05) is 28.1 Å². The number of fused-ring (bicyclic) bond motifs is 1. The van der Waals surface area contributed by atoms with Gasteiger partial charge in [-0.15, -0.1) is 16.4 Å². The van der Waals surface area contributed by atoms with Crippen LogP contribution in [0.25, 0.3) is 16.2 Å². The van der Waals surface area contributed by atoms with Crippen LogP contribution in [-0.2, 0) is 0 Å². The zero-order chi connectivity index (χ0) is 14.1. The first kappa shape index (κ1) is 12.0. The lowest BCUT2D eigenvalue weighted by Gasteiger charge is -1.98. The largest absolute Gasteiger partial charge is 0.291 e. The first-order chi connectivity index (χ1) is 10.4. The number of anilines is 2. The first-order valence-electron chi connectivity index (χ1n) is 6.34. The summed E-state index contributed by atoms with van der Waals surface area (Å²) in [5.41, 5.74) is 2.13. The van der Waals surface area contributed by atoms with Crippen molar-refractivity contribution in [3.05, 3.63) is 54.2 Å². The van der Waals surface area contributed by atoms with Gasteiger partial charge in [0, 0.05) is 23.3 Å². The number of aromatic nitrogens is 5. The summed E-state index contributed by atoms with van der Waals surface area (Å²) in [5, 5.41) is 9.52. The predicted octanol–water partition coefficient (Wildman–Crippen LogP) is 2.99. The molecule has 0 fully saturated rings. The summed E-state index contributed by atoms with van der Waals surface area (Å²) in [5.74, 6) is 0.974. The lowest BCUT2D eigenvalue weighted by atomic mass is 10.2. The molecule has 0 radical (unpaired) electrons. The Kier molecular flexibility index (Phi) is 2.82. The van der Waals surface area contributed by atoms with Gasteiger partial charge in [-0.2, -0.15) is 4.98 Å². The Morgan fingerprint density at radius 3 is 2.57 bits per heavy atom. The van der Waals surface area contributed by atoms with Crippen molar-refractivity contribution in [1.82, 2.24) is 24.6 Å². The van der Waals surface area contributed by atoms with Gasteiger partial charge in [-0.05, 0) is 6.07 Å². The molecule has 4 rings (SSSR count). The van der Waals surface area contributed by atoms with E-state index in [-0.39, 0.29) is 0 Å². The molecule has 21 heavy (non-hydrogen) atoms. The van der Waals surface area contributed by atoms with E-state index < -0.39 is 0 Å². The molecular weight excluding hydrogens is 284 g/mol. The molecule has 0 aliphatic carbocycles. The quantitative estimate of drug-likeness (QED) is 0.629. The van der Waals surface area contributed by atoms with E-state index in [0.717, 1.165) is 16.2 Å². The standard InChI is InChI=1S/C14H10N6S/c1-2-5-10(6-3-1)11-9-21-14-18-13(19-20(11)14)17-12-15-7-4-8-16-12/h1-9H,(H,15,16,17,19). The van der Waals surface area contributed by atoms with Gasteiger partial charge in [0.25, 0.3) is 5.95 Å². The highest BCUT2D eigenvalue weighted by Gasteiger charge is 2.11. The maximum atomic E-state index is 4.47. The average molecular weight is 294 g/mol. The van der Waals surface area contributed by atoms with Crippen LogP contribution in [-0.4, -0.2) is 24.6 Å². The molecule has 4 aromatic rings. The van der Waals surface area contributed by atoms with Crippen molar-refractivity contribution in [2.75, 3.05) is 5.32 Å². The Bertz CT molecular complexity index is 868. The van der Waals surface area contributed by atoms with Gasteiger partial charge in [-0.1, -0.05) is 30.3 Å². The highest BCUT2D eigenvalue weighted by atomic mass is 32.1. The average Bonchev–Trinajstić information content (AvgIpc) is 3.09. The molecule has 0 spiro atoms. The number of hydrogen-bond donors (Lipinski definition) is 1. The first-order valence-corrected chi connectivity index (χ1v) is 7.22. The topological polar surface area (TPSA) is 68.0 Å². The van der Waals surface area contributed by atoms with Crippen molar-refractivity contribution >= 4 is 28.2 Å². The molecule has 0 unspecified atom stereocenters. The maximum Gasteiger partial charge on any atom is 0.250 e. The second kappa shape index (κ2) is 4.95. The van der Waals surface area contributed by atoms with Crippen molar-refractivity contribution in [3.63, 3.8) is 0 Å². The number of nitrogens with one attached hydrogen (secondary N) is 1. The normalized spacial score (nSPS) is 10.9. The molecule has 3 aromatic heterocycles. The van der Waals surface area contributed by atoms with Crippen LogP contribution < -0.4 is 5.32 Å². The minimum atomic E-state index is 0.483. The lowest BCUT2D eigenvalue weighted by Crippen LogP contribution is -1.98. The fraction of sp³-hybridized carbons (Fsp3) is 0. The SMILES string of the molecule is c1ccc(-c2csc3nc(Nc4ncccn4)nn23)cc1. The highest BCUT2D eigenvalue weighted by molar-refractivity contribution is 7.15. The molecule has 1 N–H and O–H groups in total. The van der Waals surface area contributed by atoms with Crippen molar-refractivity contribution in [2.24, 2.45) is 0 Å². The minimum Gasteiger partial charge on any atom is -0.291 e. The predicted molar refractivity (Wildman–Crippen MR) is 81.6 cm³/mol. The van der Waals surface area contributed by atoms with E-state index in [1.54, 1.807) is 29.8 Å². The Morgan fingerprint density at radius 2 is 1.76 bits per heavy atom. The molecule has 0 amide bonds. The van der Waals surface area contributed by atoms with Crippen LogP contribution in [0.1, 0.15) is 0 Å². The zero-order valence-electron chi connectivity index (χ0n) is 10.8. The number of rotatable bonds is 3. The maximum absolute atomic E-state index is 4.47. The van der Waals surface area contributed by atoms with Crippen molar-refractivity contribution in [1.29, 1.82) is 0 Å². The fourth-order valence-electron chi connectivity index (χ4n) is 2.01. The van der Waals surface area contributed by atoms with Crippen molar-refractivity contribution < 1.29 is 0 Å². The lowest BCUT2D eigenvalue weighted by molar-refractivity contribution is 0.983. The third-order valence-corrected chi connectivity index (χ3v) is 3.76. The zero-order valence-corrected chi connectivity index (χ0v) is 11.7. The molecule has 102 valence electrons. The Morgan fingerprint density at radius 1 is 0.952 bits per heavy atom. The molecule has 0 atom stereocenters. The minimum absolute atomic E-state index is 0.483. The number of benzene rings is 1. The molecule has 1 aromatic carbocycles. The van der Waals surface area contributed by atoms with Crippen LogP contribution >= 0.6 is 11.3 Å². The summed E-state index contributed by atoms with van der Waals surface area (Å²) in [4.78, 5) is 13.5. The van der Waals surface area contributed by atoms with Gasteiger partial charge in [0.1, 0.15) is 0 Å². The molecule has 0 bridgehead atoms. The molecule has 0 saturated heterocycles. The van der Waals surface area contributed by atoms with E-state index in [1.165, 1.54) is 0 Å². The van der Waals surface area contributed by atoms with E-state index in [2.05, 4.69) is 37.5 Å². The van der Waals surface area contributed by atoms with Gasteiger partial charge in [-0.3, -0.25) is 5.32 Å². The second-order valence-corrected chi connectivity index (χ2v) is 5.15. The number of nitrogens with zero attached hydrogens (tertiary/aromatic N) is 5. The van der Waals surface area contributed by atoms with Gasteiger partial charge >= 0.3 is 0 Å². The van der Waals surface area contributed by atoms with E-state index in [0.29, 0.717) is 11.9 Å². The van der Waals surface area contributed by atoms with Gasteiger partial charge in [0.2, 0.25) is 10.9 Å². The molecule has 6 nitrogen and oxygen atoms in total. The van der Waals surface area contributed by atoms with Crippen molar-refractivity contribution in [2.45, 2.75) is 0 Å². The van der Waals surface area contributed by atoms with Crippen LogP contribution in [0.2, 0.25) is 0 Å². The van der Waals surface area contributed by atoms with Gasteiger partial charge < -0.3 is 0 Å². The molecular formula is C14H10N6S. The third-order valence-electron chi connectivity index (χ3n) is 2.94. The van der Waals surface area contributed by atoms with E-state index >= 15 is 0 Å². The Labute approximate surface area is 124 Å². The molecule has 3 heterocycles. The Hall–Kier alpha value is -2.80. The summed E-state index contributed by atoms with van der Waals surface area (Å²) in [6.45, 7) is 0. The molecule has 7 heteroatoms. The summed E-state index contributed by atoms with van der Waals surface area (Å²) in [6, 6.07) is 11.9. The Balaban J connectivity index is 1.73. The van der Waals surface area contributed by atoms with Gasteiger partial charge in [0.05, 0.1) is 5.69 Å². The summed E-state index contributed by atoms with van der Waals surface area (Å²) >= 11 is 1.55. The highest BCUT2D eigenvalue weighted by Crippen LogP contribution is 2.25. The summed E-state index contributed by atoms with van der Waals surface area (Å²) in [7, 11) is 0. The van der Waals surface area contributed by atoms with Gasteiger partial charge in [0.15, 0.2) is 0 Å². The number of hydrogen-bond acceptors (Lipinski definition) is 6. The molecule has 0 saturated carbocycles. The summed E-state index contributed by atoms with van der Waals surface area (Å²) in [6.07, 6.45) is 3.34. The molecule has 0 aliphatic heterocycles. The van der Waals surface area contributed by atoms with Crippen LogP contribution in [0.5, 0.6) is 0 Å². The van der Waals surface area contributed by atoms with E-state index in [4.69, 9.17) is 0 Å². The van der Waals surface area contributed by atoms with Crippen LogP contribution in [0.3, 0.4) is 0 Å². The third kappa shape index (κ3) is 2.23. The molecule has 0 aliphatic rings. The summed E-state index contributed by atoms with van der Waals surface area (Å²) < 4.78 is 1.82. The smallest absolute Gasteiger partial charge is 0.250 e. The van der Waals surface area contributed by atoms with Crippen molar-refractivity contribution in [3.8, 4) is 11.3 Å². The van der Waals surface area contributed by atoms with Crippen LogP contribution in [0.4, 0.5) is 11.9 Å². The monoisotopic (exact) mass is 294 g/mol.